The van der Waals surface area contributed by atoms with Crippen LogP contribution in [0.5, 0.6) is 17.2 Å². The lowest BCUT2D eigenvalue weighted by Gasteiger charge is -2.11. The Morgan fingerprint density at radius 2 is 1.81 bits per heavy atom. The number of ether oxygens (including phenoxy) is 3. The van der Waals surface area contributed by atoms with E-state index in [1.54, 1.807) is 7.11 Å². The van der Waals surface area contributed by atoms with Crippen LogP contribution in [0.2, 0.25) is 0 Å². The van der Waals surface area contributed by atoms with Crippen molar-refractivity contribution in [2.75, 3.05) is 13.9 Å². The first-order valence-corrected chi connectivity index (χ1v) is 8.13. The second kappa shape index (κ2) is 7.77. The predicted octanol–water partition coefficient (Wildman–Crippen LogP) is 2.68. The monoisotopic (exact) mass is 357 g/mol. The fourth-order valence-corrected chi connectivity index (χ4v) is 2.62. The van der Waals surface area contributed by atoms with Crippen molar-refractivity contribution in [2.45, 2.75) is 18.9 Å². The molecule has 4 rings (SSSR count). The Kier molecular flexibility index (Phi) is 5.26. The largest absolute Gasteiger partial charge is 0.496 e. The lowest BCUT2D eigenvalue weighted by atomic mass is 10.0. The summed E-state index contributed by atoms with van der Waals surface area (Å²) in [6.07, 6.45) is 2.16. The number of carboxylic acid groups (broad SMARTS) is 1. The summed E-state index contributed by atoms with van der Waals surface area (Å²) >= 11 is 0. The van der Waals surface area contributed by atoms with Crippen LogP contribution in [0.1, 0.15) is 23.2 Å². The molecular weight excluding hydrogens is 338 g/mol. The van der Waals surface area contributed by atoms with Gasteiger partial charge in [0.15, 0.2) is 11.5 Å². The predicted molar refractivity (Wildman–Crippen MR) is 93.7 cm³/mol. The molecule has 1 aliphatic heterocycles. The number of hydrogen-bond acceptors (Lipinski definition) is 5. The Morgan fingerprint density at radius 3 is 2.38 bits per heavy atom. The summed E-state index contributed by atoms with van der Waals surface area (Å²) in [5.41, 5.74) is 2.54. The topological polar surface area (TPSA) is 94.1 Å². The third-order valence-electron chi connectivity index (χ3n) is 4.07. The summed E-state index contributed by atoms with van der Waals surface area (Å²) in [5, 5.41) is 9.87. The van der Waals surface area contributed by atoms with E-state index in [1.807, 2.05) is 36.4 Å². The van der Waals surface area contributed by atoms with Gasteiger partial charge in [-0.3, -0.25) is 9.59 Å². The minimum Gasteiger partial charge on any atom is -0.496 e. The molecule has 1 heterocycles. The summed E-state index contributed by atoms with van der Waals surface area (Å²) in [6.45, 7) is -0.0256. The summed E-state index contributed by atoms with van der Waals surface area (Å²) in [4.78, 5) is 20.4. The molecule has 1 saturated carbocycles. The van der Waals surface area contributed by atoms with E-state index in [0.717, 1.165) is 24.0 Å². The van der Waals surface area contributed by atoms with E-state index in [-0.39, 0.29) is 19.2 Å². The van der Waals surface area contributed by atoms with Gasteiger partial charge in [-0.25, -0.2) is 0 Å². The molecule has 2 aromatic rings. The molecular formula is C19H19NO6. The third-order valence-corrected chi connectivity index (χ3v) is 4.07. The van der Waals surface area contributed by atoms with Gasteiger partial charge in [-0.15, -0.1) is 0 Å². The van der Waals surface area contributed by atoms with Gasteiger partial charge in [0, 0.05) is 23.2 Å². The van der Waals surface area contributed by atoms with Crippen LogP contribution in [-0.4, -0.2) is 37.4 Å². The fourth-order valence-electron chi connectivity index (χ4n) is 2.62. The average Bonchev–Trinajstić information content (AvgIpc) is 3.35. The highest BCUT2D eigenvalue weighted by molar-refractivity contribution is 5.95. The Hall–Kier alpha value is -3.22. The Bertz CT molecular complexity index is 798. The van der Waals surface area contributed by atoms with Gasteiger partial charge in [0.1, 0.15) is 5.75 Å². The zero-order valence-electron chi connectivity index (χ0n) is 14.2. The second-order valence-corrected chi connectivity index (χ2v) is 5.84. The normalized spacial score (nSPS) is 14.0. The number of amides is 1. The third kappa shape index (κ3) is 3.88. The van der Waals surface area contributed by atoms with E-state index >= 15 is 0 Å². The molecule has 1 amide bonds. The van der Waals surface area contributed by atoms with Crippen molar-refractivity contribution >= 4 is 12.4 Å². The number of benzene rings is 2. The van der Waals surface area contributed by atoms with Crippen LogP contribution in [0.3, 0.4) is 0 Å². The lowest BCUT2D eigenvalue weighted by molar-refractivity contribution is -0.122. The number of methoxy groups -OCH3 is 1. The van der Waals surface area contributed by atoms with Gasteiger partial charge in [-0.2, -0.15) is 0 Å². The Balaban J connectivity index is 0.000000613. The highest BCUT2D eigenvalue weighted by Crippen LogP contribution is 2.42. The van der Waals surface area contributed by atoms with Crippen LogP contribution in [-0.2, 0) is 4.79 Å². The van der Waals surface area contributed by atoms with Crippen molar-refractivity contribution in [3.63, 3.8) is 0 Å². The van der Waals surface area contributed by atoms with Crippen LogP contribution >= 0.6 is 0 Å². The lowest BCUT2D eigenvalue weighted by Crippen LogP contribution is -2.25. The van der Waals surface area contributed by atoms with E-state index in [0.29, 0.717) is 28.9 Å². The molecule has 0 unspecified atom stereocenters. The molecule has 7 nitrogen and oxygen atoms in total. The van der Waals surface area contributed by atoms with Gasteiger partial charge in [0.2, 0.25) is 6.79 Å². The maximum absolute atomic E-state index is 12.0. The molecule has 0 saturated heterocycles. The average molecular weight is 357 g/mol. The SMILES string of the molecule is COc1cc2c(cc1-c1ccc(C(=O)NC3CC3)cc1)OCO2.O=CO. The molecule has 0 atom stereocenters. The van der Waals surface area contributed by atoms with Crippen LogP contribution in [0.25, 0.3) is 11.1 Å². The first kappa shape index (κ1) is 17.6. The number of carbonyl (C=O) groups excluding carboxylic acids is 1. The molecule has 1 fully saturated rings. The molecule has 7 heteroatoms. The number of hydrogen-bond donors (Lipinski definition) is 2. The van der Waals surface area contributed by atoms with Crippen LogP contribution in [0.4, 0.5) is 0 Å². The molecule has 2 aromatic carbocycles. The van der Waals surface area contributed by atoms with E-state index in [4.69, 9.17) is 24.1 Å². The maximum Gasteiger partial charge on any atom is 0.290 e. The van der Waals surface area contributed by atoms with Gasteiger partial charge >= 0.3 is 0 Å². The standard InChI is InChI=1S/C18H17NO4.CH2O2/c1-21-15-9-17-16(22-10-23-17)8-14(15)11-2-4-12(5-3-11)18(20)19-13-6-7-13;2-1-3/h2-5,8-9,13H,6-7,10H2,1H3,(H,19,20);1H,(H,2,3). The van der Waals surface area contributed by atoms with Crippen LogP contribution in [0.15, 0.2) is 36.4 Å². The highest BCUT2D eigenvalue weighted by Gasteiger charge is 2.24. The Morgan fingerprint density at radius 1 is 1.19 bits per heavy atom. The van der Waals surface area contributed by atoms with Crippen molar-refractivity contribution in [1.29, 1.82) is 0 Å². The second-order valence-electron chi connectivity index (χ2n) is 5.84. The van der Waals surface area contributed by atoms with Crippen molar-refractivity contribution in [3.05, 3.63) is 42.0 Å². The minimum atomic E-state index is -0.250. The minimum absolute atomic E-state index is 0.0169. The maximum atomic E-state index is 12.0. The smallest absolute Gasteiger partial charge is 0.290 e. The molecule has 26 heavy (non-hydrogen) atoms. The van der Waals surface area contributed by atoms with Gasteiger partial charge in [-0.1, -0.05) is 12.1 Å². The first-order valence-electron chi connectivity index (χ1n) is 8.13. The molecule has 0 radical (unpaired) electrons. The van der Waals surface area contributed by atoms with Crippen molar-refractivity contribution in [1.82, 2.24) is 5.32 Å². The molecule has 136 valence electrons. The van der Waals surface area contributed by atoms with Gasteiger partial charge < -0.3 is 24.6 Å². The number of fused-ring (bicyclic) bond motifs is 1. The summed E-state index contributed by atoms with van der Waals surface area (Å²) in [6, 6.07) is 11.6. The van der Waals surface area contributed by atoms with Gasteiger partial charge in [-0.05, 0) is 36.6 Å². The van der Waals surface area contributed by atoms with Crippen molar-refractivity contribution < 1.29 is 28.9 Å². The number of nitrogens with one attached hydrogen (secondary N) is 1. The van der Waals surface area contributed by atoms with Gasteiger partial charge in [0.05, 0.1) is 7.11 Å². The highest BCUT2D eigenvalue weighted by atomic mass is 16.7. The molecule has 2 N–H and O–H groups in total. The van der Waals surface area contributed by atoms with Crippen molar-refractivity contribution in [3.8, 4) is 28.4 Å². The zero-order chi connectivity index (χ0) is 18.5. The van der Waals surface area contributed by atoms with Crippen molar-refractivity contribution in [2.24, 2.45) is 0 Å². The number of rotatable bonds is 4. The summed E-state index contributed by atoms with van der Waals surface area (Å²) < 4.78 is 16.2. The van der Waals surface area contributed by atoms with E-state index in [9.17, 15) is 4.79 Å². The van der Waals surface area contributed by atoms with E-state index < -0.39 is 0 Å². The first-order chi connectivity index (χ1) is 12.7. The summed E-state index contributed by atoms with van der Waals surface area (Å²) in [5.74, 6) is 2.09. The van der Waals surface area contributed by atoms with E-state index in [1.165, 1.54) is 0 Å². The van der Waals surface area contributed by atoms with E-state index in [2.05, 4.69) is 5.32 Å². The molecule has 1 aliphatic carbocycles. The van der Waals surface area contributed by atoms with Crippen LogP contribution < -0.4 is 19.5 Å². The summed E-state index contributed by atoms with van der Waals surface area (Å²) in [7, 11) is 1.62. The number of carbonyl (C=O) groups is 2. The fraction of sp³-hybridized carbons (Fsp3) is 0.263. The Labute approximate surface area is 150 Å². The quantitative estimate of drug-likeness (QED) is 0.817. The molecule has 0 bridgehead atoms. The van der Waals surface area contributed by atoms with Gasteiger partial charge in [0.25, 0.3) is 12.4 Å². The molecule has 0 aromatic heterocycles. The molecule has 0 spiro atoms. The molecule has 2 aliphatic rings. The zero-order valence-corrected chi connectivity index (χ0v) is 14.2. The van der Waals surface area contributed by atoms with Crippen LogP contribution in [0, 0.1) is 0 Å².